The molecule has 1 saturated heterocycles. The number of halogens is 2. The van der Waals surface area contributed by atoms with Crippen molar-refractivity contribution in [3.63, 3.8) is 0 Å². The SMILES string of the molecule is COC(OC)c1nn(S(=O)(=O)N(C)C)c(N2CCC[C@@H](NC(=O)O)C2)c1Cc1cc(F)ccc1Cl. The molecule has 35 heavy (non-hydrogen) atoms. The van der Waals surface area contributed by atoms with Crippen molar-refractivity contribution < 1.29 is 32.2 Å². The highest BCUT2D eigenvalue weighted by Crippen LogP contribution is 2.36. The van der Waals surface area contributed by atoms with E-state index in [-0.39, 0.29) is 24.5 Å². The van der Waals surface area contributed by atoms with Gasteiger partial charge in [0.15, 0.2) is 0 Å². The summed E-state index contributed by atoms with van der Waals surface area (Å²) in [6.45, 7) is 0.648. The van der Waals surface area contributed by atoms with Crippen LogP contribution in [-0.2, 0) is 26.1 Å². The van der Waals surface area contributed by atoms with Crippen LogP contribution in [0.3, 0.4) is 0 Å². The number of rotatable bonds is 9. The van der Waals surface area contributed by atoms with Crippen LogP contribution < -0.4 is 10.2 Å². The average molecular weight is 534 g/mol. The number of aromatic nitrogens is 2. The average Bonchev–Trinajstić information content (AvgIpc) is 3.16. The van der Waals surface area contributed by atoms with Crippen LogP contribution in [0.5, 0.6) is 0 Å². The number of carbonyl (C=O) groups is 1. The van der Waals surface area contributed by atoms with E-state index >= 15 is 0 Å². The van der Waals surface area contributed by atoms with E-state index in [0.717, 1.165) is 8.39 Å². The number of nitrogens with zero attached hydrogens (tertiary/aromatic N) is 4. The third kappa shape index (κ3) is 5.86. The Morgan fingerprint density at radius 2 is 2.06 bits per heavy atom. The minimum absolute atomic E-state index is 0.0287. The number of carboxylic acid groups (broad SMARTS) is 1. The van der Waals surface area contributed by atoms with Gasteiger partial charge >= 0.3 is 16.3 Å². The van der Waals surface area contributed by atoms with Crippen molar-refractivity contribution in [2.24, 2.45) is 0 Å². The summed E-state index contributed by atoms with van der Waals surface area (Å²) >= 11 is 6.34. The van der Waals surface area contributed by atoms with Crippen molar-refractivity contribution in [2.75, 3.05) is 46.3 Å². The lowest BCUT2D eigenvalue weighted by molar-refractivity contribution is -0.109. The minimum Gasteiger partial charge on any atom is -0.465 e. The van der Waals surface area contributed by atoms with Gasteiger partial charge in [-0.25, -0.2) is 9.18 Å². The summed E-state index contributed by atoms with van der Waals surface area (Å²) in [6.07, 6.45) is -0.967. The lowest BCUT2D eigenvalue weighted by atomic mass is 10.0. The first-order valence-electron chi connectivity index (χ1n) is 10.8. The zero-order valence-corrected chi connectivity index (χ0v) is 21.4. The molecule has 194 valence electrons. The second-order valence-corrected chi connectivity index (χ2v) is 10.7. The summed E-state index contributed by atoms with van der Waals surface area (Å²) in [7, 11) is 1.41. The van der Waals surface area contributed by atoms with Gasteiger partial charge < -0.3 is 24.8 Å². The van der Waals surface area contributed by atoms with Crippen LogP contribution in [0.2, 0.25) is 5.02 Å². The highest BCUT2D eigenvalue weighted by molar-refractivity contribution is 7.87. The Labute approximate surface area is 208 Å². The number of benzene rings is 1. The van der Waals surface area contributed by atoms with E-state index in [9.17, 15) is 22.7 Å². The molecule has 3 rings (SSSR count). The molecule has 1 aliphatic rings. The third-order valence-corrected chi connectivity index (χ3v) is 7.70. The zero-order chi connectivity index (χ0) is 25.9. The fourth-order valence-corrected chi connectivity index (χ4v) is 5.20. The number of piperidine rings is 1. The van der Waals surface area contributed by atoms with Crippen LogP contribution in [0.25, 0.3) is 0 Å². The highest BCUT2D eigenvalue weighted by atomic mass is 35.5. The van der Waals surface area contributed by atoms with Crippen molar-refractivity contribution in [3.05, 3.63) is 45.9 Å². The van der Waals surface area contributed by atoms with Crippen molar-refractivity contribution in [1.29, 1.82) is 0 Å². The number of ether oxygens (including phenoxy) is 2. The summed E-state index contributed by atoms with van der Waals surface area (Å²) < 4.78 is 53.4. The number of nitrogens with one attached hydrogen (secondary N) is 1. The predicted octanol–water partition coefficient (Wildman–Crippen LogP) is 2.45. The first kappa shape index (κ1) is 27.1. The zero-order valence-electron chi connectivity index (χ0n) is 19.9. The number of amides is 1. The van der Waals surface area contributed by atoms with Crippen LogP contribution in [0.15, 0.2) is 18.2 Å². The van der Waals surface area contributed by atoms with Gasteiger partial charge in [-0.2, -0.15) is 17.8 Å². The third-order valence-electron chi connectivity index (χ3n) is 5.71. The van der Waals surface area contributed by atoms with Crippen LogP contribution in [0, 0.1) is 5.82 Å². The van der Waals surface area contributed by atoms with Gasteiger partial charge in [0, 0.05) is 64.5 Å². The predicted molar refractivity (Wildman–Crippen MR) is 128 cm³/mol. The summed E-state index contributed by atoms with van der Waals surface area (Å²) in [5.74, 6) is -0.287. The number of hydrogen-bond acceptors (Lipinski definition) is 7. The Morgan fingerprint density at radius 1 is 1.37 bits per heavy atom. The molecule has 1 aliphatic heterocycles. The maximum absolute atomic E-state index is 14.1. The topological polar surface area (TPSA) is 126 Å². The number of methoxy groups -OCH3 is 2. The molecule has 0 unspecified atom stereocenters. The smallest absolute Gasteiger partial charge is 0.404 e. The Kier molecular flexibility index (Phi) is 8.59. The summed E-state index contributed by atoms with van der Waals surface area (Å²) in [5.41, 5.74) is 1.01. The molecule has 0 aliphatic carbocycles. The first-order valence-corrected chi connectivity index (χ1v) is 12.6. The number of anilines is 1. The molecule has 0 bridgehead atoms. The monoisotopic (exact) mass is 533 g/mol. The summed E-state index contributed by atoms with van der Waals surface area (Å²) in [4.78, 5) is 13.0. The molecule has 1 atom stereocenters. The molecule has 0 spiro atoms. The largest absolute Gasteiger partial charge is 0.465 e. The molecule has 14 heteroatoms. The lowest BCUT2D eigenvalue weighted by Gasteiger charge is -2.35. The molecule has 2 aromatic rings. The standard InChI is InChI=1S/C21H29ClFN5O6S/c1-26(2)35(31,32)28-19(27-9-5-6-15(12-27)24-21(29)30)16(18(25-28)20(33-3)34-4)11-13-10-14(23)7-8-17(13)22/h7-8,10,15,20,24H,5-6,9,11-12H2,1-4H3,(H,29,30)/t15-/m1/s1. The second-order valence-electron chi connectivity index (χ2n) is 8.27. The van der Waals surface area contributed by atoms with Gasteiger partial charge in [-0.15, -0.1) is 4.09 Å². The van der Waals surface area contributed by atoms with E-state index in [4.69, 9.17) is 21.1 Å². The molecule has 1 aromatic heterocycles. The van der Waals surface area contributed by atoms with Crippen LogP contribution in [0.4, 0.5) is 15.0 Å². The Bertz CT molecular complexity index is 1170. The molecule has 1 fully saturated rings. The van der Waals surface area contributed by atoms with Crippen molar-refractivity contribution in [3.8, 4) is 0 Å². The molecule has 11 nitrogen and oxygen atoms in total. The van der Waals surface area contributed by atoms with Gasteiger partial charge in [-0.05, 0) is 36.6 Å². The Balaban J connectivity index is 2.26. The fraction of sp³-hybridized carbons (Fsp3) is 0.524. The quantitative estimate of drug-likeness (QED) is 0.471. The molecular weight excluding hydrogens is 505 g/mol. The van der Waals surface area contributed by atoms with Crippen molar-refractivity contribution >= 4 is 33.7 Å². The van der Waals surface area contributed by atoms with Gasteiger partial charge in [-0.3, -0.25) is 0 Å². The minimum atomic E-state index is -4.12. The molecule has 2 heterocycles. The van der Waals surface area contributed by atoms with Crippen LogP contribution >= 0.6 is 11.6 Å². The van der Waals surface area contributed by atoms with Crippen LogP contribution in [0.1, 0.15) is 36.0 Å². The highest BCUT2D eigenvalue weighted by Gasteiger charge is 2.35. The normalized spacial score (nSPS) is 16.8. The van der Waals surface area contributed by atoms with Gasteiger partial charge in [0.2, 0.25) is 6.29 Å². The number of hydrogen-bond donors (Lipinski definition) is 2. The van der Waals surface area contributed by atoms with Gasteiger partial charge in [0.05, 0.1) is 0 Å². The first-order chi connectivity index (χ1) is 16.5. The molecule has 1 amide bonds. The Hall–Kier alpha value is -2.45. The molecular formula is C21H29ClFN5O6S. The van der Waals surface area contributed by atoms with Crippen molar-refractivity contribution in [1.82, 2.24) is 18.8 Å². The van der Waals surface area contributed by atoms with Gasteiger partial charge in [-0.1, -0.05) is 11.6 Å². The van der Waals surface area contributed by atoms with E-state index in [1.807, 2.05) is 0 Å². The Morgan fingerprint density at radius 3 is 2.66 bits per heavy atom. The van der Waals surface area contributed by atoms with Gasteiger partial charge in [0.25, 0.3) is 0 Å². The van der Waals surface area contributed by atoms with E-state index in [1.165, 1.54) is 46.5 Å². The van der Waals surface area contributed by atoms with Crippen LogP contribution in [-0.4, -0.2) is 80.6 Å². The molecule has 0 saturated carbocycles. The molecule has 0 radical (unpaired) electrons. The van der Waals surface area contributed by atoms with E-state index < -0.39 is 34.5 Å². The maximum Gasteiger partial charge on any atom is 0.404 e. The molecule has 2 N–H and O–H groups in total. The van der Waals surface area contributed by atoms with Gasteiger partial charge in [0.1, 0.15) is 17.3 Å². The summed E-state index contributed by atoms with van der Waals surface area (Å²) in [6, 6.07) is 3.49. The van der Waals surface area contributed by atoms with E-state index in [2.05, 4.69) is 10.4 Å². The van der Waals surface area contributed by atoms with E-state index in [0.29, 0.717) is 35.5 Å². The van der Waals surface area contributed by atoms with Crippen molar-refractivity contribution in [2.45, 2.75) is 31.6 Å². The molecule has 1 aromatic carbocycles. The lowest BCUT2D eigenvalue weighted by Crippen LogP contribution is -2.48. The van der Waals surface area contributed by atoms with E-state index in [1.54, 1.807) is 4.90 Å². The summed E-state index contributed by atoms with van der Waals surface area (Å²) in [5, 5.41) is 16.3. The maximum atomic E-state index is 14.1. The fourth-order valence-electron chi connectivity index (χ4n) is 4.07. The second kappa shape index (κ2) is 11.1.